The Morgan fingerprint density at radius 1 is 1.30 bits per heavy atom. The maximum Gasteiger partial charge on any atom is 0.104 e. The number of aliphatic hydroxyl groups excluding tert-OH is 3. The highest BCUT2D eigenvalue weighted by atomic mass is 16.5. The summed E-state index contributed by atoms with van der Waals surface area (Å²) >= 11 is 0. The molecule has 4 nitrogen and oxygen atoms in total. The molecule has 10 heavy (non-hydrogen) atoms. The van der Waals surface area contributed by atoms with Crippen molar-refractivity contribution in [1.29, 1.82) is 0 Å². The van der Waals surface area contributed by atoms with Crippen molar-refractivity contribution in [3.05, 3.63) is 0 Å². The highest BCUT2D eigenvalue weighted by Crippen LogP contribution is 1.91. The quantitative estimate of drug-likeness (QED) is 0.457. The van der Waals surface area contributed by atoms with Gasteiger partial charge in [0, 0.05) is 0 Å². The standard InChI is InChI=1S/C6H14O4/c1-5(9)4-10-6(2-7)3-8/h5-9H,2-4H2,1H3. The molecule has 62 valence electrons. The topological polar surface area (TPSA) is 69.9 Å². The van der Waals surface area contributed by atoms with Gasteiger partial charge >= 0.3 is 0 Å². The Morgan fingerprint density at radius 2 is 1.80 bits per heavy atom. The second kappa shape index (κ2) is 5.61. The van der Waals surface area contributed by atoms with Crippen molar-refractivity contribution in [2.45, 2.75) is 19.1 Å². The average molecular weight is 150 g/mol. The first-order valence-corrected chi connectivity index (χ1v) is 3.22. The lowest BCUT2D eigenvalue weighted by Gasteiger charge is -2.13. The second-order valence-electron chi connectivity index (χ2n) is 2.17. The van der Waals surface area contributed by atoms with E-state index in [1.807, 2.05) is 0 Å². The van der Waals surface area contributed by atoms with Crippen LogP contribution in [0.2, 0.25) is 0 Å². The third-order valence-corrected chi connectivity index (χ3v) is 0.980. The normalized spacial score (nSPS) is 14.1. The van der Waals surface area contributed by atoms with E-state index in [1.165, 1.54) is 0 Å². The monoisotopic (exact) mass is 150 g/mol. The fourth-order valence-corrected chi connectivity index (χ4v) is 0.438. The summed E-state index contributed by atoms with van der Waals surface area (Å²) in [4.78, 5) is 0. The number of hydrogen-bond donors (Lipinski definition) is 3. The van der Waals surface area contributed by atoms with Crippen molar-refractivity contribution < 1.29 is 20.1 Å². The largest absolute Gasteiger partial charge is 0.394 e. The Morgan fingerprint density at radius 3 is 2.10 bits per heavy atom. The van der Waals surface area contributed by atoms with Crippen LogP contribution in [0.5, 0.6) is 0 Å². The van der Waals surface area contributed by atoms with E-state index in [-0.39, 0.29) is 19.8 Å². The molecule has 0 spiro atoms. The van der Waals surface area contributed by atoms with Crippen molar-refractivity contribution in [2.75, 3.05) is 19.8 Å². The molecule has 3 N–H and O–H groups in total. The molecule has 0 aromatic rings. The van der Waals surface area contributed by atoms with E-state index in [0.29, 0.717) is 0 Å². The van der Waals surface area contributed by atoms with Crippen LogP contribution in [-0.2, 0) is 4.74 Å². The van der Waals surface area contributed by atoms with E-state index >= 15 is 0 Å². The van der Waals surface area contributed by atoms with E-state index in [9.17, 15) is 0 Å². The first kappa shape index (κ1) is 9.84. The molecule has 0 aliphatic heterocycles. The van der Waals surface area contributed by atoms with Gasteiger partial charge in [-0.05, 0) is 6.92 Å². The zero-order valence-corrected chi connectivity index (χ0v) is 6.03. The molecule has 0 fully saturated rings. The van der Waals surface area contributed by atoms with Crippen molar-refractivity contribution >= 4 is 0 Å². The summed E-state index contributed by atoms with van der Waals surface area (Å²) in [6.45, 7) is 1.28. The predicted octanol–water partition coefficient (Wildman–Crippen LogP) is -1.26. The van der Waals surface area contributed by atoms with E-state index in [0.717, 1.165) is 0 Å². The summed E-state index contributed by atoms with van der Waals surface area (Å²) < 4.78 is 4.85. The van der Waals surface area contributed by atoms with Crippen LogP contribution in [0.15, 0.2) is 0 Å². The van der Waals surface area contributed by atoms with Crippen LogP contribution < -0.4 is 0 Å². The number of aliphatic hydroxyl groups is 3. The molecule has 0 heterocycles. The molecule has 0 amide bonds. The van der Waals surface area contributed by atoms with Crippen LogP contribution in [0.4, 0.5) is 0 Å². The van der Waals surface area contributed by atoms with Gasteiger partial charge in [-0.15, -0.1) is 0 Å². The summed E-state index contributed by atoms with van der Waals surface area (Å²) in [5.74, 6) is 0. The summed E-state index contributed by atoms with van der Waals surface area (Å²) in [5, 5.41) is 25.6. The van der Waals surface area contributed by atoms with E-state index in [2.05, 4.69) is 0 Å². The fraction of sp³-hybridized carbons (Fsp3) is 1.00. The molecule has 0 bridgehead atoms. The van der Waals surface area contributed by atoms with Gasteiger partial charge in [-0.1, -0.05) is 0 Å². The first-order valence-electron chi connectivity index (χ1n) is 3.22. The second-order valence-corrected chi connectivity index (χ2v) is 2.17. The molecule has 0 saturated heterocycles. The van der Waals surface area contributed by atoms with Crippen molar-refractivity contribution in [3.63, 3.8) is 0 Å². The third-order valence-electron chi connectivity index (χ3n) is 0.980. The van der Waals surface area contributed by atoms with Crippen LogP contribution in [-0.4, -0.2) is 47.3 Å². The molecular weight excluding hydrogens is 136 g/mol. The summed E-state index contributed by atoms with van der Waals surface area (Å²) in [7, 11) is 0. The van der Waals surface area contributed by atoms with Gasteiger partial charge in [0.2, 0.25) is 0 Å². The molecular formula is C6H14O4. The van der Waals surface area contributed by atoms with Crippen LogP contribution in [0.25, 0.3) is 0 Å². The highest BCUT2D eigenvalue weighted by Gasteiger charge is 2.06. The van der Waals surface area contributed by atoms with Gasteiger partial charge in [0.05, 0.1) is 25.9 Å². The van der Waals surface area contributed by atoms with E-state index in [1.54, 1.807) is 6.92 Å². The van der Waals surface area contributed by atoms with Crippen LogP contribution in [0.1, 0.15) is 6.92 Å². The lowest BCUT2D eigenvalue weighted by molar-refractivity contribution is -0.0491. The lowest BCUT2D eigenvalue weighted by atomic mass is 10.4. The maximum atomic E-state index is 8.70. The summed E-state index contributed by atoms with van der Waals surface area (Å²) in [6.07, 6.45) is -1.12. The van der Waals surface area contributed by atoms with Gasteiger partial charge in [0.15, 0.2) is 0 Å². The highest BCUT2D eigenvalue weighted by molar-refractivity contribution is 4.53. The van der Waals surface area contributed by atoms with Crippen LogP contribution in [0, 0.1) is 0 Å². The summed E-state index contributed by atoms with van der Waals surface area (Å²) in [6, 6.07) is 0. The summed E-state index contributed by atoms with van der Waals surface area (Å²) in [5.41, 5.74) is 0. The van der Waals surface area contributed by atoms with E-state index < -0.39 is 12.2 Å². The minimum absolute atomic E-state index is 0.145. The first-order chi connectivity index (χ1) is 4.70. The van der Waals surface area contributed by atoms with Crippen molar-refractivity contribution in [2.24, 2.45) is 0 Å². The maximum absolute atomic E-state index is 8.70. The Labute approximate surface area is 60.1 Å². The Kier molecular flexibility index (Phi) is 5.52. The number of rotatable bonds is 5. The van der Waals surface area contributed by atoms with Gasteiger partial charge in [0.25, 0.3) is 0 Å². The molecule has 1 unspecified atom stereocenters. The molecule has 4 heteroatoms. The van der Waals surface area contributed by atoms with Crippen molar-refractivity contribution in [3.8, 4) is 0 Å². The third kappa shape index (κ3) is 4.69. The molecule has 0 radical (unpaired) electrons. The minimum Gasteiger partial charge on any atom is -0.394 e. The zero-order chi connectivity index (χ0) is 7.98. The van der Waals surface area contributed by atoms with Crippen LogP contribution >= 0.6 is 0 Å². The van der Waals surface area contributed by atoms with Gasteiger partial charge in [0.1, 0.15) is 6.10 Å². The Hall–Kier alpha value is -0.160. The molecule has 0 aliphatic rings. The molecule has 1 atom stereocenters. The van der Waals surface area contributed by atoms with Crippen molar-refractivity contribution in [1.82, 2.24) is 0 Å². The molecule has 0 saturated carbocycles. The minimum atomic E-state index is -0.561. The number of hydrogen-bond acceptors (Lipinski definition) is 4. The number of ether oxygens (including phenoxy) is 1. The Bertz CT molecular complexity index is 70.1. The fourth-order valence-electron chi connectivity index (χ4n) is 0.438. The smallest absolute Gasteiger partial charge is 0.104 e. The SMILES string of the molecule is CC(O)COC(CO)CO. The predicted molar refractivity (Wildman–Crippen MR) is 35.6 cm³/mol. The van der Waals surface area contributed by atoms with Gasteiger partial charge < -0.3 is 20.1 Å². The van der Waals surface area contributed by atoms with Gasteiger partial charge in [-0.2, -0.15) is 0 Å². The lowest BCUT2D eigenvalue weighted by Crippen LogP contribution is -2.25. The molecule has 0 rings (SSSR count). The molecule has 0 aromatic carbocycles. The van der Waals surface area contributed by atoms with Crippen LogP contribution in [0.3, 0.4) is 0 Å². The van der Waals surface area contributed by atoms with Gasteiger partial charge in [-0.25, -0.2) is 0 Å². The Balaban J connectivity index is 3.26. The average Bonchev–Trinajstić information content (AvgIpc) is 1.90. The molecule has 0 aromatic heterocycles. The van der Waals surface area contributed by atoms with Gasteiger partial charge in [-0.3, -0.25) is 0 Å². The molecule has 0 aliphatic carbocycles. The van der Waals surface area contributed by atoms with E-state index in [4.69, 9.17) is 20.1 Å². The zero-order valence-electron chi connectivity index (χ0n) is 6.03.